The number of likely N-dealkylation sites (N-methyl/N-ethyl adjacent to an activating group) is 1. The first-order chi connectivity index (χ1) is 14.5. The minimum atomic E-state index is -0.423. The lowest BCUT2D eigenvalue weighted by Crippen LogP contribution is -2.31. The lowest BCUT2D eigenvalue weighted by molar-refractivity contribution is -0.151. The van der Waals surface area contributed by atoms with Gasteiger partial charge in [0.2, 0.25) is 0 Å². The molecule has 0 fully saturated rings. The summed E-state index contributed by atoms with van der Waals surface area (Å²) in [6.45, 7) is 0.162. The summed E-state index contributed by atoms with van der Waals surface area (Å²) in [5.74, 6) is 0.0886. The number of nitrogens with zero attached hydrogens (tertiary/aromatic N) is 1. The van der Waals surface area contributed by atoms with Crippen molar-refractivity contribution in [3.8, 4) is 16.9 Å². The van der Waals surface area contributed by atoms with Gasteiger partial charge in [0, 0.05) is 13.6 Å². The maximum absolute atomic E-state index is 12.3. The van der Waals surface area contributed by atoms with Crippen molar-refractivity contribution >= 4 is 11.9 Å². The van der Waals surface area contributed by atoms with E-state index >= 15 is 0 Å². The van der Waals surface area contributed by atoms with Crippen LogP contribution in [-0.4, -0.2) is 37.5 Å². The topological polar surface area (TPSA) is 55.8 Å². The van der Waals surface area contributed by atoms with Gasteiger partial charge in [-0.25, -0.2) is 0 Å². The van der Waals surface area contributed by atoms with Crippen molar-refractivity contribution in [2.75, 3.05) is 20.8 Å². The summed E-state index contributed by atoms with van der Waals surface area (Å²) in [4.78, 5) is 25.9. The number of rotatable bonds is 8. The molecule has 30 heavy (non-hydrogen) atoms. The second-order valence-electron chi connectivity index (χ2n) is 7.00. The van der Waals surface area contributed by atoms with Crippen LogP contribution in [0.3, 0.4) is 0 Å². The molecule has 0 atom stereocenters. The fourth-order valence-corrected chi connectivity index (χ4v) is 3.01. The van der Waals surface area contributed by atoms with Gasteiger partial charge in [0.05, 0.1) is 13.5 Å². The van der Waals surface area contributed by atoms with E-state index in [9.17, 15) is 9.59 Å². The summed E-state index contributed by atoms with van der Waals surface area (Å²) in [5, 5.41) is 0. The summed E-state index contributed by atoms with van der Waals surface area (Å²) in [7, 11) is 3.29. The number of hydrogen-bond donors (Lipinski definition) is 0. The quantitative estimate of drug-likeness (QED) is 0.531. The van der Waals surface area contributed by atoms with Crippen molar-refractivity contribution in [3.05, 3.63) is 90.0 Å². The molecule has 0 saturated heterocycles. The first-order valence-electron chi connectivity index (χ1n) is 9.72. The number of esters is 1. The summed E-state index contributed by atoms with van der Waals surface area (Å²) >= 11 is 0. The monoisotopic (exact) mass is 403 g/mol. The maximum Gasteiger partial charge on any atom is 0.310 e. The number of carbonyl (C=O) groups is 2. The fraction of sp³-hybridized carbons (Fsp3) is 0.200. The van der Waals surface area contributed by atoms with Crippen molar-refractivity contribution < 1.29 is 19.1 Å². The molecular formula is C25H25NO4. The van der Waals surface area contributed by atoms with Gasteiger partial charge < -0.3 is 14.4 Å². The molecule has 3 aromatic rings. The highest BCUT2D eigenvalue weighted by Crippen LogP contribution is 2.19. The molecule has 1 amide bonds. The molecular weight excluding hydrogens is 378 g/mol. The minimum Gasteiger partial charge on any atom is -0.497 e. The van der Waals surface area contributed by atoms with Crippen LogP contribution in [0.25, 0.3) is 11.1 Å². The molecule has 0 saturated carbocycles. The average Bonchev–Trinajstić information content (AvgIpc) is 2.79. The van der Waals surface area contributed by atoms with Crippen LogP contribution in [-0.2, 0) is 27.3 Å². The first kappa shape index (κ1) is 21.1. The van der Waals surface area contributed by atoms with Crippen LogP contribution in [0.4, 0.5) is 0 Å². The molecule has 5 nitrogen and oxygen atoms in total. The molecule has 0 heterocycles. The van der Waals surface area contributed by atoms with Gasteiger partial charge in [0.15, 0.2) is 6.61 Å². The standard InChI is InChI=1S/C25H25NO4/c1-26(17-20-10-14-23(29-2)15-11-20)24(27)18-30-25(28)16-19-8-12-22(13-9-19)21-6-4-3-5-7-21/h3-15H,16-18H2,1-2H3. The molecule has 0 N–H and O–H groups in total. The third-order valence-electron chi connectivity index (χ3n) is 4.77. The number of benzene rings is 3. The lowest BCUT2D eigenvalue weighted by Gasteiger charge is -2.17. The third-order valence-corrected chi connectivity index (χ3v) is 4.77. The number of methoxy groups -OCH3 is 1. The van der Waals surface area contributed by atoms with E-state index in [2.05, 4.69) is 0 Å². The summed E-state index contributed by atoms with van der Waals surface area (Å²) < 4.78 is 10.3. The number of amides is 1. The van der Waals surface area contributed by atoms with Gasteiger partial charge >= 0.3 is 5.97 Å². The highest BCUT2D eigenvalue weighted by atomic mass is 16.5. The first-order valence-corrected chi connectivity index (χ1v) is 9.72. The Balaban J connectivity index is 1.45. The van der Waals surface area contributed by atoms with Crippen LogP contribution in [0.15, 0.2) is 78.9 Å². The Morgan fingerprint density at radius 1 is 0.800 bits per heavy atom. The van der Waals surface area contributed by atoms with Gasteiger partial charge in [-0.05, 0) is 34.4 Å². The molecule has 0 unspecified atom stereocenters. The second kappa shape index (κ2) is 10.3. The zero-order chi connectivity index (χ0) is 21.3. The Bertz CT molecular complexity index is 966. The predicted octanol–water partition coefficient (Wildman–Crippen LogP) is 4.11. The van der Waals surface area contributed by atoms with E-state index in [1.165, 1.54) is 4.90 Å². The van der Waals surface area contributed by atoms with Crippen molar-refractivity contribution in [1.82, 2.24) is 4.90 Å². The molecule has 0 aliphatic carbocycles. The number of ether oxygens (including phenoxy) is 2. The molecule has 0 aliphatic heterocycles. The van der Waals surface area contributed by atoms with E-state index in [-0.39, 0.29) is 18.9 Å². The minimum absolute atomic E-state index is 0.130. The van der Waals surface area contributed by atoms with Crippen molar-refractivity contribution in [2.45, 2.75) is 13.0 Å². The molecule has 0 bridgehead atoms. The Kier molecular flexibility index (Phi) is 7.22. The summed E-state index contributed by atoms with van der Waals surface area (Å²) in [6, 6.07) is 25.3. The van der Waals surface area contributed by atoms with Crippen molar-refractivity contribution in [1.29, 1.82) is 0 Å². The Labute approximate surface area is 176 Å². The van der Waals surface area contributed by atoms with Crippen LogP contribution in [0.2, 0.25) is 0 Å². The van der Waals surface area contributed by atoms with Crippen LogP contribution in [0.1, 0.15) is 11.1 Å². The van der Waals surface area contributed by atoms with E-state index in [0.29, 0.717) is 6.54 Å². The Morgan fingerprint density at radius 2 is 1.40 bits per heavy atom. The average molecular weight is 403 g/mol. The lowest BCUT2D eigenvalue weighted by atomic mass is 10.0. The Hall–Kier alpha value is -3.60. The number of hydrogen-bond acceptors (Lipinski definition) is 4. The molecule has 3 aromatic carbocycles. The van der Waals surface area contributed by atoms with Gasteiger partial charge in [-0.15, -0.1) is 0 Å². The highest BCUT2D eigenvalue weighted by Gasteiger charge is 2.13. The van der Waals surface area contributed by atoms with E-state index in [1.54, 1.807) is 14.2 Å². The molecule has 5 heteroatoms. The van der Waals surface area contributed by atoms with Crippen molar-refractivity contribution in [2.24, 2.45) is 0 Å². The van der Waals surface area contributed by atoms with Gasteiger partial charge in [-0.2, -0.15) is 0 Å². The molecule has 3 rings (SSSR count). The molecule has 154 valence electrons. The van der Waals surface area contributed by atoms with E-state index in [1.807, 2.05) is 78.9 Å². The van der Waals surface area contributed by atoms with E-state index < -0.39 is 5.97 Å². The zero-order valence-electron chi connectivity index (χ0n) is 17.2. The van der Waals surface area contributed by atoms with Gasteiger partial charge in [0.1, 0.15) is 5.75 Å². The summed E-state index contributed by atoms with van der Waals surface area (Å²) in [6.07, 6.45) is 0.130. The van der Waals surface area contributed by atoms with E-state index in [4.69, 9.17) is 9.47 Å². The van der Waals surface area contributed by atoms with E-state index in [0.717, 1.165) is 28.0 Å². The summed E-state index contributed by atoms with van der Waals surface area (Å²) in [5.41, 5.74) is 4.02. The van der Waals surface area contributed by atoms with Gasteiger partial charge in [-0.3, -0.25) is 9.59 Å². The van der Waals surface area contributed by atoms with Crippen LogP contribution >= 0.6 is 0 Å². The fourth-order valence-electron chi connectivity index (χ4n) is 3.01. The smallest absolute Gasteiger partial charge is 0.310 e. The van der Waals surface area contributed by atoms with Crippen LogP contribution < -0.4 is 4.74 Å². The third kappa shape index (κ3) is 5.95. The van der Waals surface area contributed by atoms with Gasteiger partial charge in [0.25, 0.3) is 5.91 Å². The normalized spacial score (nSPS) is 10.3. The van der Waals surface area contributed by atoms with Gasteiger partial charge in [-0.1, -0.05) is 66.7 Å². The Morgan fingerprint density at radius 3 is 2.03 bits per heavy atom. The zero-order valence-corrected chi connectivity index (χ0v) is 17.2. The second-order valence-corrected chi connectivity index (χ2v) is 7.00. The van der Waals surface area contributed by atoms with Crippen LogP contribution in [0.5, 0.6) is 5.75 Å². The molecule has 0 aromatic heterocycles. The molecule has 0 aliphatic rings. The van der Waals surface area contributed by atoms with Crippen LogP contribution in [0, 0.1) is 0 Å². The largest absolute Gasteiger partial charge is 0.497 e. The highest BCUT2D eigenvalue weighted by molar-refractivity contribution is 5.81. The predicted molar refractivity (Wildman–Crippen MR) is 116 cm³/mol. The number of carbonyl (C=O) groups excluding carboxylic acids is 2. The molecule has 0 radical (unpaired) electrons. The maximum atomic E-state index is 12.3. The molecule has 0 spiro atoms. The van der Waals surface area contributed by atoms with Crippen molar-refractivity contribution in [3.63, 3.8) is 0 Å². The SMILES string of the molecule is COc1ccc(CN(C)C(=O)COC(=O)Cc2ccc(-c3ccccc3)cc2)cc1.